The fourth-order valence-electron chi connectivity index (χ4n) is 2.38. The smallest absolute Gasteiger partial charge is 0.247 e. The van der Waals surface area contributed by atoms with Gasteiger partial charge in [-0.15, -0.1) is 10.2 Å². The van der Waals surface area contributed by atoms with Crippen LogP contribution < -0.4 is 5.32 Å². The Bertz CT molecular complexity index is 543. The van der Waals surface area contributed by atoms with Gasteiger partial charge in [-0.3, -0.25) is 4.90 Å². The summed E-state index contributed by atoms with van der Waals surface area (Å²) in [6.07, 6.45) is 1.04. The van der Waals surface area contributed by atoms with Crippen molar-refractivity contribution in [1.29, 1.82) is 0 Å². The van der Waals surface area contributed by atoms with E-state index in [0.717, 1.165) is 44.7 Å². The fourth-order valence-corrected chi connectivity index (χ4v) is 2.38. The molecule has 1 N–H and O–H groups in total. The van der Waals surface area contributed by atoms with E-state index < -0.39 is 0 Å². The summed E-state index contributed by atoms with van der Waals surface area (Å²) >= 11 is 0. The summed E-state index contributed by atoms with van der Waals surface area (Å²) in [5.74, 6) is 1.30. The SMILES string of the molecule is CCc1ccc(-c2nnc(CN3CCNCC3)o2)cc1. The largest absolute Gasteiger partial charge is 0.419 e. The number of rotatable bonds is 4. The van der Waals surface area contributed by atoms with Crippen molar-refractivity contribution in [2.24, 2.45) is 0 Å². The molecule has 1 aromatic heterocycles. The fraction of sp³-hybridized carbons (Fsp3) is 0.467. The van der Waals surface area contributed by atoms with E-state index in [1.165, 1.54) is 5.56 Å². The lowest BCUT2D eigenvalue weighted by atomic mass is 10.1. The first-order valence-electron chi connectivity index (χ1n) is 7.20. The number of aryl methyl sites for hydroxylation is 1. The van der Waals surface area contributed by atoms with Crippen LogP contribution in [0.5, 0.6) is 0 Å². The molecule has 0 bridgehead atoms. The first-order chi connectivity index (χ1) is 9.85. The molecule has 1 aliphatic rings. The summed E-state index contributed by atoms with van der Waals surface area (Å²) in [7, 11) is 0. The molecule has 1 aliphatic heterocycles. The van der Waals surface area contributed by atoms with Gasteiger partial charge in [0.15, 0.2) is 0 Å². The molecule has 106 valence electrons. The van der Waals surface area contributed by atoms with Gasteiger partial charge in [0.2, 0.25) is 11.8 Å². The van der Waals surface area contributed by atoms with E-state index in [9.17, 15) is 0 Å². The van der Waals surface area contributed by atoms with Crippen molar-refractivity contribution < 1.29 is 4.42 Å². The minimum atomic E-state index is 0.609. The maximum atomic E-state index is 5.76. The van der Waals surface area contributed by atoms with Gasteiger partial charge in [0.1, 0.15) is 0 Å². The highest BCUT2D eigenvalue weighted by molar-refractivity contribution is 5.52. The van der Waals surface area contributed by atoms with Crippen LogP contribution in [0.15, 0.2) is 28.7 Å². The zero-order chi connectivity index (χ0) is 13.8. The Balaban J connectivity index is 1.68. The Hall–Kier alpha value is -1.72. The molecular formula is C15H20N4O. The van der Waals surface area contributed by atoms with Gasteiger partial charge in [-0.05, 0) is 24.1 Å². The first kappa shape index (κ1) is 13.3. The van der Waals surface area contributed by atoms with Crippen LogP contribution in [0.1, 0.15) is 18.4 Å². The molecule has 0 aliphatic carbocycles. The summed E-state index contributed by atoms with van der Waals surface area (Å²) in [4.78, 5) is 2.33. The quantitative estimate of drug-likeness (QED) is 0.918. The third kappa shape index (κ3) is 3.05. The Morgan fingerprint density at radius 2 is 1.90 bits per heavy atom. The van der Waals surface area contributed by atoms with Crippen LogP contribution in [0.2, 0.25) is 0 Å². The van der Waals surface area contributed by atoms with Gasteiger partial charge in [-0.1, -0.05) is 19.1 Å². The van der Waals surface area contributed by atoms with E-state index in [1.807, 2.05) is 12.1 Å². The lowest BCUT2D eigenvalue weighted by Crippen LogP contribution is -2.42. The van der Waals surface area contributed by atoms with E-state index in [-0.39, 0.29) is 0 Å². The Morgan fingerprint density at radius 1 is 1.15 bits per heavy atom. The van der Waals surface area contributed by atoms with Crippen molar-refractivity contribution in [3.8, 4) is 11.5 Å². The zero-order valence-electron chi connectivity index (χ0n) is 11.8. The maximum absolute atomic E-state index is 5.76. The summed E-state index contributed by atoms with van der Waals surface area (Å²) in [5, 5.41) is 11.6. The normalized spacial score (nSPS) is 16.4. The maximum Gasteiger partial charge on any atom is 0.247 e. The Labute approximate surface area is 119 Å². The van der Waals surface area contributed by atoms with Crippen molar-refractivity contribution in [2.45, 2.75) is 19.9 Å². The van der Waals surface area contributed by atoms with Crippen LogP contribution in [0, 0.1) is 0 Å². The number of nitrogens with one attached hydrogen (secondary N) is 1. The molecule has 5 nitrogen and oxygen atoms in total. The first-order valence-corrected chi connectivity index (χ1v) is 7.20. The van der Waals surface area contributed by atoms with Gasteiger partial charge in [0.25, 0.3) is 0 Å². The molecule has 2 heterocycles. The van der Waals surface area contributed by atoms with Gasteiger partial charge >= 0.3 is 0 Å². The molecule has 0 amide bonds. The molecule has 20 heavy (non-hydrogen) atoms. The van der Waals surface area contributed by atoms with Gasteiger partial charge in [0, 0.05) is 31.7 Å². The Kier molecular flexibility index (Phi) is 4.08. The molecule has 0 saturated carbocycles. The van der Waals surface area contributed by atoms with E-state index in [0.29, 0.717) is 11.8 Å². The molecule has 0 radical (unpaired) electrons. The molecule has 0 spiro atoms. The summed E-state index contributed by atoms with van der Waals surface area (Å²) in [6, 6.07) is 8.30. The zero-order valence-corrected chi connectivity index (χ0v) is 11.8. The lowest BCUT2D eigenvalue weighted by Gasteiger charge is -2.25. The number of benzene rings is 1. The second kappa shape index (κ2) is 6.15. The van der Waals surface area contributed by atoms with E-state index in [2.05, 4.69) is 39.5 Å². The van der Waals surface area contributed by atoms with Gasteiger partial charge in [0.05, 0.1) is 6.54 Å². The Morgan fingerprint density at radius 3 is 2.60 bits per heavy atom. The third-order valence-corrected chi connectivity index (χ3v) is 3.64. The van der Waals surface area contributed by atoms with Crippen LogP contribution in [-0.4, -0.2) is 41.3 Å². The number of hydrogen-bond donors (Lipinski definition) is 1. The highest BCUT2D eigenvalue weighted by atomic mass is 16.4. The molecule has 1 fully saturated rings. The molecule has 3 rings (SSSR count). The standard InChI is InChI=1S/C15H20N4O/c1-2-12-3-5-13(6-4-12)15-18-17-14(20-15)11-19-9-7-16-8-10-19/h3-6,16H,2,7-11H2,1H3. The van der Waals surface area contributed by atoms with Crippen LogP contribution in [0.25, 0.3) is 11.5 Å². The molecular weight excluding hydrogens is 252 g/mol. The number of hydrogen-bond acceptors (Lipinski definition) is 5. The van der Waals surface area contributed by atoms with Crippen LogP contribution in [-0.2, 0) is 13.0 Å². The van der Waals surface area contributed by atoms with Crippen molar-refractivity contribution in [2.75, 3.05) is 26.2 Å². The molecule has 2 aromatic rings. The predicted octanol–water partition coefficient (Wildman–Crippen LogP) is 1.70. The van der Waals surface area contributed by atoms with Crippen molar-refractivity contribution in [1.82, 2.24) is 20.4 Å². The predicted molar refractivity (Wildman–Crippen MR) is 77.3 cm³/mol. The number of piperazine rings is 1. The highest BCUT2D eigenvalue weighted by Crippen LogP contribution is 2.19. The van der Waals surface area contributed by atoms with Crippen LogP contribution >= 0.6 is 0 Å². The summed E-state index contributed by atoms with van der Waals surface area (Å²) in [6.45, 7) is 7.00. The van der Waals surface area contributed by atoms with E-state index in [1.54, 1.807) is 0 Å². The average molecular weight is 272 g/mol. The van der Waals surface area contributed by atoms with Crippen molar-refractivity contribution >= 4 is 0 Å². The highest BCUT2D eigenvalue weighted by Gasteiger charge is 2.14. The second-order valence-electron chi connectivity index (χ2n) is 5.08. The molecule has 5 heteroatoms. The number of nitrogens with zero attached hydrogens (tertiary/aromatic N) is 3. The lowest BCUT2D eigenvalue weighted by molar-refractivity contribution is 0.213. The molecule has 0 atom stereocenters. The molecule has 1 aromatic carbocycles. The van der Waals surface area contributed by atoms with E-state index in [4.69, 9.17) is 4.42 Å². The van der Waals surface area contributed by atoms with Crippen LogP contribution in [0.4, 0.5) is 0 Å². The van der Waals surface area contributed by atoms with Gasteiger partial charge < -0.3 is 9.73 Å². The molecule has 0 unspecified atom stereocenters. The second-order valence-corrected chi connectivity index (χ2v) is 5.08. The van der Waals surface area contributed by atoms with Gasteiger partial charge in [-0.2, -0.15) is 0 Å². The topological polar surface area (TPSA) is 54.2 Å². The summed E-state index contributed by atoms with van der Waals surface area (Å²) < 4.78 is 5.76. The minimum absolute atomic E-state index is 0.609. The molecule has 1 saturated heterocycles. The van der Waals surface area contributed by atoms with Crippen LogP contribution in [0.3, 0.4) is 0 Å². The van der Waals surface area contributed by atoms with Crippen molar-refractivity contribution in [3.05, 3.63) is 35.7 Å². The number of aromatic nitrogens is 2. The third-order valence-electron chi connectivity index (χ3n) is 3.64. The van der Waals surface area contributed by atoms with E-state index >= 15 is 0 Å². The average Bonchev–Trinajstić information content (AvgIpc) is 2.97. The summed E-state index contributed by atoms with van der Waals surface area (Å²) in [5.41, 5.74) is 2.30. The van der Waals surface area contributed by atoms with Gasteiger partial charge in [-0.25, -0.2) is 0 Å². The minimum Gasteiger partial charge on any atom is -0.419 e. The van der Waals surface area contributed by atoms with Crippen molar-refractivity contribution in [3.63, 3.8) is 0 Å². The monoisotopic (exact) mass is 272 g/mol.